The second kappa shape index (κ2) is 8.13. The van der Waals surface area contributed by atoms with Gasteiger partial charge < -0.3 is 15.1 Å². The summed E-state index contributed by atoms with van der Waals surface area (Å²) in [5.74, 6) is 0. The minimum Gasteiger partial charge on any atom is -0.314 e. The van der Waals surface area contributed by atoms with Crippen LogP contribution in [0.1, 0.15) is 40.5 Å². The molecule has 1 N–H and O–H groups in total. The van der Waals surface area contributed by atoms with Crippen LogP contribution in [0.4, 0.5) is 0 Å². The van der Waals surface area contributed by atoms with Crippen molar-refractivity contribution in [2.75, 3.05) is 52.4 Å². The molecule has 1 heterocycles. The molecular weight excluding hydrogens is 222 g/mol. The summed E-state index contributed by atoms with van der Waals surface area (Å²) in [5, 5.41) is 3.57. The predicted molar refractivity (Wildman–Crippen MR) is 80.1 cm³/mol. The van der Waals surface area contributed by atoms with Crippen molar-refractivity contribution in [1.82, 2.24) is 15.1 Å². The maximum atomic E-state index is 3.57. The van der Waals surface area contributed by atoms with Gasteiger partial charge in [-0.1, -0.05) is 27.7 Å². The summed E-state index contributed by atoms with van der Waals surface area (Å²) < 4.78 is 0. The molecule has 3 heteroatoms. The van der Waals surface area contributed by atoms with Crippen molar-refractivity contribution in [2.45, 2.75) is 40.5 Å². The van der Waals surface area contributed by atoms with E-state index < -0.39 is 0 Å². The smallest absolute Gasteiger partial charge is 0.0107 e. The lowest BCUT2D eigenvalue weighted by Gasteiger charge is -2.36. The summed E-state index contributed by atoms with van der Waals surface area (Å²) >= 11 is 0. The van der Waals surface area contributed by atoms with Crippen molar-refractivity contribution in [3.05, 3.63) is 0 Å². The largest absolute Gasteiger partial charge is 0.314 e. The van der Waals surface area contributed by atoms with Gasteiger partial charge in [-0.3, -0.25) is 0 Å². The van der Waals surface area contributed by atoms with Gasteiger partial charge in [0.2, 0.25) is 0 Å². The summed E-state index contributed by atoms with van der Waals surface area (Å²) in [7, 11) is 0. The lowest BCUT2D eigenvalue weighted by Crippen LogP contribution is -2.41. The standard InChI is InChI=1S/C15H33N3/c1-5-17(6-2)13-9-16-10-14-18-11-7-15(3,4)8-12-18/h16H,5-14H2,1-4H3. The molecule has 0 aromatic carbocycles. The fourth-order valence-corrected chi connectivity index (χ4v) is 2.52. The number of likely N-dealkylation sites (N-methyl/N-ethyl adjacent to an activating group) is 1. The molecule has 3 nitrogen and oxygen atoms in total. The topological polar surface area (TPSA) is 18.5 Å². The van der Waals surface area contributed by atoms with Crippen molar-refractivity contribution in [1.29, 1.82) is 0 Å². The number of likely N-dealkylation sites (tertiary alicyclic amines) is 1. The Bertz CT molecular complexity index is 202. The van der Waals surface area contributed by atoms with E-state index in [9.17, 15) is 0 Å². The number of rotatable bonds is 8. The summed E-state index contributed by atoms with van der Waals surface area (Å²) in [6.07, 6.45) is 2.71. The van der Waals surface area contributed by atoms with Crippen LogP contribution in [-0.2, 0) is 0 Å². The molecule has 1 saturated heterocycles. The third-order valence-electron chi connectivity index (χ3n) is 4.31. The van der Waals surface area contributed by atoms with Gasteiger partial charge in [-0.15, -0.1) is 0 Å². The van der Waals surface area contributed by atoms with E-state index >= 15 is 0 Å². The maximum absolute atomic E-state index is 3.57. The molecule has 0 amide bonds. The van der Waals surface area contributed by atoms with Gasteiger partial charge in [0.05, 0.1) is 0 Å². The van der Waals surface area contributed by atoms with Crippen LogP contribution < -0.4 is 5.32 Å². The average Bonchev–Trinajstić information content (AvgIpc) is 2.35. The van der Waals surface area contributed by atoms with Crippen LogP contribution >= 0.6 is 0 Å². The van der Waals surface area contributed by atoms with E-state index in [2.05, 4.69) is 42.8 Å². The Kier molecular flexibility index (Phi) is 7.20. The quantitative estimate of drug-likeness (QED) is 0.670. The van der Waals surface area contributed by atoms with Crippen LogP contribution in [0.2, 0.25) is 0 Å². The molecular formula is C15H33N3. The highest BCUT2D eigenvalue weighted by Gasteiger charge is 2.24. The van der Waals surface area contributed by atoms with Gasteiger partial charge in [-0.05, 0) is 44.4 Å². The monoisotopic (exact) mass is 255 g/mol. The van der Waals surface area contributed by atoms with Crippen LogP contribution in [0.5, 0.6) is 0 Å². The molecule has 0 bridgehead atoms. The van der Waals surface area contributed by atoms with Gasteiger partial charge in [-0.2, -0.15) is 0 Å². The van der Waals surface area contributed by atoms with Crippen molar-refractivity contribution in [3.63, 3.8) is 0 Å². The molecule has 0 aromatic heterocycles. The Morgan fingerprint density at radius 2 is 1.67 bits per heavy atom. The number of hydrogen-bond acceptors (Lipinski definition) is 3. The molecule has 0 radical (unpaired) electrons. The molecule has 0 unspecified atom stereocenters. The van der Waals surface area contributed by atoms with Gasteiger partial charge in [-0.25, -0.2) is 0 Å². The normalized spacial score (nSPS) is 20.5. The molecule has 18 heavy (non-hydrogen) atoms. The molecule has 1 aliphatic heterocycles. The molecule has 0 atom stereocenters. The highest BCUT2D eigenvalue weighted by Crippen LogP contribution is 2.29. The van der Waals surface area contributed by atoms with E-state index in [1.54, 1.807) is 0 Å². The van der Waals surface area contributed by atoms with Crippen LogP contribution in [0.3, 0.4) is 0 Å². The van der Waals surface area contributed by atoms with Gasteiger partial charge in [0.1, 0.15) is 0 Å². The summed E-state index contributed by atoms with van der Waals surface area (Å²) in [5.41, 5.74) is 0.576. The highest BCUT2D eigenvalue weighted by atomic mass is 15.2. The zero-order valence-corrected chi connectivity index (χ0v) is 13.0. The third kappa shape index (κ3) is 6.17. The van der Waals surface area contributed by atoms with Gasteiger partial charge in [0.15, 0.2) is 0 Å². The van der Waals surface area contributed by atoms with E-state index in [1.165, 1.54) is 52.1 Å². The second-order valence-corrected chi connectivity index (χ2v) is 6.28. The van der Waals surface area contributed by atoms with E-state index in [0.717, 1.165) is 13.1 Å². The number of hydrogen-bond donors (Lipinski definition) is 1. The van der Waals surface area contributed by atoms with E-state index in [0.29, 0.717) is 5.41 Å². The lowest BCUT2D eigenvalue weighted by molar-refractivity contribution is 0.133. The minimum absolute atomic E-state index is 0.576. The maximum Gasteiger partial charge on any atom is 0.0107 e. The Morgan fingerprint density at radius 1 is 1.06 bits per heavy atom. The first-order valence-corrected chi connectivity index (χ1v) is 7.73. The molecule has 0 spiro atoms. The molecule has 0 aromatic rings. The van der Waals surface area contributed by atoms with Gasteiger partial charge >= 0.3 is 0 Å². The molecule has 108 valence electrons. The fourth-order valence-electron chi connectivity index (χ4n) is 2.52. The Balaban J connectivity index is 1.99. The van der Waals surface area contributed by atoms with E-state index in [-0.39, 0.29) is 0 Å². The van der Waals surface area contributed by atoms with E-state index in [1.807, 2.05) is 0 Å². The van der Waals surface area contributed by atoms with Crippen molar-refractivity contribution >= 4 is 0 Å². The zero-order valence-electron chi connectivity index (χ0n) is 13.0. The summed E-state index contributed by atoms with van der Waals surface area (Å²) in [4.78, 5) is 5.08. The first-order chi connectivity index (χ1) is 8.57. The molecule has 1 fully saturated rings. The van der Waals surface area contributed by atoms with Crippen LogP contribution in [0.25, 0.3) is 0 Å². The Hall–Kier alpha value is -0.120. The number of piperidine rings is 1. The van der Waals surface area contributed by atoms with Crippen molar-refractivity contribution < 1.29 is 0 Å². The van der Waals surface area contributed by atoms with E-state index in [4.69, 9.17) is 0 Å². The minimum atomic E-state index is 0.576. The average molecular weight is 255 g/mol. The summed E-state index contributed by atoms with van der Waals surface area (Å²) in [6, 6.07) is 0. The highest BCUT2D eigenvalue weighted by molar-refractivity contribution is 4.78. The number of nitrogens with zero attached hydrogens (tertiary/aromatic N) is 2. The Labute approximate surface area is 114 Å². The van der Waals surface area contributed by atoms with Crippen LogP contribution in [0, 0.1) is 5.41 Å². The fraction of sp³-hybridized carbons (Fsp3) is 1.00. The predicted octanol–water partition coefficient (Wildman–Crippen LogP) is 2.04. The second-order valence-electron chi connectivity index (χ2n) is 6.28. The SMILES string of the molecule is CCN(CC)CCNCCN1CCC(C)(C)CC1. The van der Waals surface area contributed by atoms with Crippen molar-refractivity contribution in [3.8, 4) is 0 Å². The molecule has 1 rings (SSSR count). The third-order valence-corrected chi connectivity index (χ3v) is 4.31. The zero-order chi connectivity index (χ0) is 13.4. The molecule has 0 aliphatic carbocycles. The van der Waals surface area contributed by atoms with Crippen LogP contribution in [-0.4, -0.2) is 62.2 Å². The first kappa shape index (κ1) is 15.9. The molecule has 1 aliphatic rings. The molecule has 0 saturated carbocycles. The number of nitrogens with one attached hydrogen (secondary N) is 1. The Morgan fingerprint density at radius 3 is 2.22 bits per heavy atom. The summed E-state index contributed by atoms with van der Waals surface area (Å²) in [6.45, 7) is 18.8. The first-order valence-electron chi connectivity index (χ1n) is 7.73. The van der Waals surface area contributed by atoms with Gasteiger partial charge in [0, 0.05) is 26.2 Å². The van der Waals surface area contributed by atoms with Crippen LogP contribution in [0.15, 0.2) is 0 Å². The van der Waals surface area contributed by atoms with Gasteiger partial charge in [0.25, 0.3) is 0 Å². The van der Waals surface area contributed by atoms with Crippen molar-refractivity contribution in [2.24, 2.45) is 5.41 Å². The lowest BCUT2D eigenvalue weighted by atomic mass is 9.83.